The van der Waals surface area contributed by atoms with Crippen LogP contribution in [0.4, 0.5) is 4.79 Å². The van der Waals surface area contributed by atoms with Crippen LogP contribution in [0.2, 0.25) is 0 Å². The summed E-state index contributed by atoms with van der Waals surface area (Å²) in [6.45, 7) is 0. The van der Waals surface area contributed by atoms with Gasteiger partial charge in [-0.15, -0.1) is 5.01 Å². The highest BCUT2D eigenvalue weighted by Crippen LogP contribution is 2.35. The first-order valence-corrected chi connectivity index (χ1v) is 10.4. The normalized spacial score (nSPS) is 18.6. The molecular formula is C24H24N4O2. The molecule has 1 spiro atoms. The first kappa shape index (κ1) is 18.6. The Kier molecular flexibility index (Phi) is 4.42. The Morgan fingerprint density at radius 3 is 2.43 bits per heavy atom. The molecule has 1 aliphatic heterocycles. The maximum absolute atomic E-state index is 13.1. The van der Waals surface area contributed by atoms with Crippen LogP contribution in [0, 0.1) is 0 Å². The quantitative estimate of drug-likeness (QED) is 0.522. The van der Waals surface area contributed by atoms with E-state index in [0.717, 1.165) is 52.0 Å². The zero-order valence-corrected chi connectivity index (χ0v) is 17.0. The van der Waals surface area contributed by atoms with Gasteiger partial charge in [-0.2, -0.15) is 5.10 Å². The molecule has 3 amide bonds. The number of nitrogens with one attached hydrogen (secondary N) is 1. The lowest BCUT2D eigenvalue weighted by Crippen LogP contribution is -2.48. The number of para-hydroxylation sites is 1. The van der Waals surface area contributed by atoms with Crippen molar-refractivity contribution in [2.45, 2.75) is 37.6 Å². The Morgan fingerprint density at radius 2 is 1.67 bits per heavy atom. The lowest BCUT2D eigenvalue weighted by molar-refractivity contribution is -0.132. The van der Waals surface area contributed by atoms with Crippen molar-refractivity contribution in [3.63, 3.8) is 0 Å². The minimum Gasteiger partial charge on any atom is -0.343 e. The minimum atomic E-state index is -0.770. The maximum atomic E-state index is 13.1. The Morgan fingerprint density at radius 1 is 0.967 bits per heavy atom. The summed E-state index contributed by atoms with van der Waals surface area (Å²) in [4.78, 5) is 25.6. The van der Waals surface area contributed by atoms with Crippen molar-refractivity contribution in [3.05, 3.63) is 60.2 Å². The van der Waals surface area contributed by atoms with Crippen molar-refractivity contribution in [1.82, 2.24) is 14.9 Å². The number of hydrogen-bond acceptors (Lipinski definition) is 3. The Labute approximate surface area is 175 Å². The molecule has 2 fully saturated rings. The second-order valence-electron chi connectivity index (χ2n) is 8.14. The monoisotopic (exact) mass is 400 g/mol. The van der Waals surface area contributed by atoms with Gasteiger partial charge in [-0.3, -0.25) is 4.79 Å². The molecule has 2 aromatic carbocycles. The number of aryl methyl sites for hydroxylation is 1. The molecule has 3 aromatic rings. The third-order valence-corrected chi connectivity index (χ3v) is 6.34. The van der Waals surface area contributed by atoms with Gasteiger partial charge < -0.3 is 9.88 Å². The van der Waals surface area contributed by atoms with Crippen molar-refractivity contribution in [2.24, 2.45) is 12.1 Å². The number of fused-ring (bicyclic) bond motifs is 1. The highest BCUT2D eigenvalue weighted by atomic mass is 16.2. The number of rotatable bonds is 3. The predicted molar refractivity (Wildman–Crippen MR) is 117 cm³/mol. The lowest BCUT2D eigenvalue weighted by atomic mass is 9.82. The number of aromatic nitrogens is 1. The van der Waals surface area contributed by atoms with Gasteiger partial charge in [-0.25, -0.2) is 4.79 Å². The molecule has 1 aromatic heterocycles. The number of benzene rings is 2. The van der Waals surface area contributed by atoms with Crippen LogP contribution in [0.5, 0.6) is 0 Å². The third kappa shape index (κ3) is 2.83. The van der Waals surface area contributed by atoms with Crippen LogP contribution in [0.1, 0.15) is 37.7 Å². The molecule has 1 N–H and O–H groups in total. The van der Waals surface area contributed by atoms with Gasteiger partial charge in [0.25, 0.3) is 5.91 Å². The molecule has 152 valence electrons. The largest absolute Gasteiger partial charge is 0.346 e. The molecule has 30 heavy (non-hydrogen) atoms. The first-order chi connectivity index (χ1) is 14.6. The summed E-state index contributed by atoms with van der Waals surface area (Å²) in [6.07, 6.45) is 6.03. The molecule has 0 atom stereocenters. The molecular weight excluding hydrogens is 376 g/mol. The van der Waals surface area contributed by atoms with Crippen LogP contribution in [-0.2, 0) is 11.8 Å². The highest BCUT2D eigenvalue weighted by Gasteiger charge is 2.51. The molecule has 5 rings (SSSR count). The van der Waals surface area contributed by atoms with E-state index in [4.69, 9.17) is 0 Å². The zero-order valence-electron chi connectivity index (χ0n) is 17.0. The van der Waals surface area contributed by atoms with E-state index in [1.807, 2.05) is 43.4 Å². The van der Waals surface area contributed by atoms with E-state index in [1.165, 1.54) is 0 Å². The molecule has 2 aliphatic rings. The van der Waals surface area contributed by atoms with E-state index >= 15 is 0 Å². The number of amides is 3. The van der Waals surface area contributed by atoms with Crippen molar-refractivity contribution in [2.75, 3.05) is 0 Å². The van der Waals surface area contributed by atoms with Gasteiger partial charge in [-0.05, 0) is 24.5 Å². The minimum absolute atomic E-state index is 0.232. The molecule has 6 heteroatoms. The Balaban J connectivity index is 1.58. The fraction of sp³-hybridized carbons (Fsp3) is 0.292. The van der Waals surface area contributed by atoms with Gasteiger partial charge in [0.1, 0.15) is 5.54 Å². The molecule has 0 bridgehead atoms. The number of hydrazone groups is 1. The second-order valence-corrected chi connectivity index (χ2v) is 8.14. The molecule has 1 saturated carbocycles. The smallest absolute Gasteiger partial charge is 0.343 e. The number of carbonyl (C=O) groups excluding carboxylic acids is 2. The zero-order chi connectivity index (χ0) is 20.7. The summed E-state index contributed by atoms with van der Waals surface area (Å²) in [5, 5.41) is 9.35. The molecule has 0 radical (unpaired) electrons. The van der Waals surface area contributed by atoms with Gasteiger partial charge in [0.15, 0.2) is 0 Å². The average Bonchev–Trinajstić information content (AvgIpc) is 3.18. The van der Waals surface area contributed by atoms with Crippen LogP contribution in [0.25, 0.3) is 22.2 Å². The topological polar surface area (TPSA) is 66.7 Å². The average molecular weight is 400 g/mol. The van der Waals surface area contributed by atoms with Crippen LogP contribution in [0.3, 0.4) is 0 Å². The van der Waals surface area contributed by atoms with Crippen molar-refractivity contribution in [3.8, 4) is 11.3 Å². The van der Waals surface area contributed by atoms with E-state index in [2.05, 4.69) is 33.2 Å². The number of hydrogen-bond donors (Lipinski definition) is 1. The summed E-state index contributed by atoms with van der Waals surface area (Å²) in [6, 6.07) is 17.7. The second kappa shape index (κ2) is 7.13. The number of imide groups is 1. The number of nitrogens with zero attached hydrogens (tertiary/aromatic N) is 3. The maximum Gasteiger partial charge on any atom is 0.346 e. The fourth-order valence-corrected chi connectivity index (χ4v) is 4.82. The van der Waals surface area contributed by atoms with Gasteiger partial charge in [0.2, 0.25) is 0 Å². The Bertz CT molecular complexity index is 1160. The third-order valence-electron chi connectivity index (χ3n) is 6.34. The fourth-order valence-electron chi connectivity index (χ4n) is 4.82. The Hall–Kier alpha value is -3.41. The van der Waals surface area contributed by atoms with Gasteiger partial charge in [0, 0.05) is 23.5 Å². The number of carbonyl (C=O) groups is 2. The summed E-state index contributed by atoms with van der Waals surface area (Å²) in [5.41, 5.74) is 3.25. The van der Waals surface area contributed by atoms with Gasteiger partial charge in [0.05, 0.1) is 11.9 Å². The predicted octanol–water partition coefficient (Wildman–Crippen LogP) is 4.43. The molecule has 2 heterocycles. The summed E-state index contributed by atoms with van der Waals surface area (Å²) >= 11 is 0. The molecule has 6 nitrogen and oxygen atoms in total. The van der Waals surface area contributed by atoms with Crippen molar-refractivity contribution in [1.29, 1.82) is 0 Å². The van der Waals surface area contributed by atoms with Crippen LogP contribution in [-0.4, -0.2) is 33.3 Å². The van der Waals surface area contributed by atoms with Crippen LogP contribution < -0.4 is 5.32 Å². The van der Waals surface area contributed by atoms with E-state index < -0.39 is 11.6 Å². The van der Waals surface area contributed by atoms with E-state index in [9.17, 15) is 9.59 Å². The summed E-state index contributed by atoms with van der Waals surface area (Å²) in [7, 11) is 2.02. The molecule has 1 aliphatic carbocycles. The van der Waals surface area contributed by atoms with E-state index in [1.54, 1.807) is 6.21 Å². The van der Waals surface area contributed by atoms with Crippen molar-refractivity contribution < 1.29 is 9.59 Å². The molecule has 0 unspecified atom stereocenters. The summed E-state index contributed by atoms with van der Waals surface area (Å²) in [5.74, 6) is -0.232. The van der Waals surface area contributed by atoms with Crippen molar-refractivity contribution >= 4 is 29.1 Å². The van der Waals surface area contributed by atoms with Gasteiger partial charge >= 0.3 is 6.03 Å². The number of urea groups is 1. The first-order valence-electron chi connectivity index (χ1n) is 10.4. The summed E-state index contributed by atoms with van der Waals surface area (Å²) < 4.78 is 2.13. The van der Waals surface area contributed by atoms with Crippen LogP contribution >= 0.6 is 0 Å². The molecule has 1 saturated heterocycles. The SMILES string of the molecule is Cn1c(-c2ccccc2)c(C=NN2C(=O)NC3(CCCCC3)C2=O)c2ccccc21. The van der Waals surface area contributed by atoms with Gasteiger partial charge in [-0.1, -0.05) is 67.8 Å². The van der Waals surface area contributed by atoms with E-state index in [0.29, 0.717) is 12.8 Å². The van der Waals surface area contributed by atoms with E-state index in [-0.39, 0.29) is 5.91 Å². The lowest BCUT2D eigenvalue weighted by Gasteiger charge is -2.29. The standard InChI is InChI=1S/C24H24N4O2/c1-27-20-13-7-6-12-18(20)19(21(27)17-10-4-2-5-11-17)16-25-28-22(29)24(26-23(28)30)14-8-3-9-15-24/h2,4-7,10-13,16H,3,8-9,14-15H2,1H3,(H,26,30). The van der Waals surface area contributed by atoms with Crippen LogP contribution in [0.15, 0.2) is 59.7 Å². The highest BCUT2D eigenvalue weighted by molar-refractivity contribution is 6.10.